The first-order valence-corrected chi connectivity index (χ1v) is 5.14. The molecule has 0 radical (unpaired) electrons. The SMILES string of the molecule is C1=C2NCSCC2CCC1. The predicted molar refractivity (Wildman–Crippen MR) is 45.9 cm³/mol. The largest absolute Gasteiger partial charge is 0.379 e. The number of allylic oxidation sites excluding steroid dienone is 2. The average Bonchev–Trinajstić information content (AvgIpc) is 2.05. The number of nitrogens with one attached hydrogen (secondary N) is 1. The van der Waals surface area contributed by atoms with Crippen LogP contribution in [-0.4, -0.2) is 11.6 Å². The fourth-order valence-corrected chi connectivity index (χ4v) is 2.69. The maximum absolute atomic E-state index is 3.45. The highest BCUT2D eigenvalue weighted by molar-refractivity contribution is 7.99. The lowest BCUT2D eigenvalue weighted by molar-refractivity contribution is 0.519. The van der Waals surface area contributed by atoms with Crippen molar-refractivity contribution in [2.45, 2.75) is 19.3 Å². The van der Waals surface area contributed by atoms with Crippen LogP contribution in [0.15, 0.2) is 11.8 Å². The number of rotatable bonds is 0. The Hall–Kier alpha value is -0.110. The summed E-state index contributed by atoms with van der Waals surface area (Å²) < 4.78 is 0. The summed E-state index contributed by atoms with van der Waals surface area (Å²) in [6.07, 6.45) is 6.49. The Kier molecular flexibility index (Phi) is 1.89. The Morgan fingerprint density at radius 2 is 2.60 bits per heavy atom. The van der Waals surface area contributed by atoms with Gasteiger partial charge in [0, 0.05) is 17.4 Å². The lowest BCUT2D eigenvalue weighted by Crippen LogP contribution is -2.29. The number of thioether (sulfide) groups is 1. The van der Waals surface area contributed by atoms with Crippen LogP contribution in [0.5, 0.6) is 0 Å². The van der Waals surface area contributed by atoms with Gasteiger partial charge in [-0.15, -0.1) is 11.8 Å². The molecule has 0 aromatic carbocycles. The molecule has 56 valence electrons. The quantitative estimate of drug-likeness (QED) is 0.574. The first-order chi connectivity index (χ1) is 4.97. The van der Waals surface area contributed by atoms with Crippen LogP contribution in [0.25, 0.3) is 0 Å². The van der Waals surface area contributed by atoms with Gasteiger partial charge in [0.15, 0.2) is 0 Å². The van der Waals surface area contributed by atoms with E-state index in [1.807, 2.05) is 11.8 Å². The van der Waals surface area contributed by atoms with Gasteiger partial charge < -0.3 is 5.32 Å². The monoisotopic (exact) mass is 155 g/mol. The maximum atomic E-state index is 3.45. The molecule has 0 spiro atoms. The Bertz CT molecular complexity index is 153. The van der Waals surface area contributed by atoms with Crippen LogP contribution >= 0.6 is 11.8 Å². The minimum Gasteiger partial charge on any atom is -0.379 e. The summed E-state index contributed by atoms with van der Waals surface area (Å²) in [6.45, 7) is 0. The zero-order valence-electron chi connectivity index (χ0n) is 6.10. The van der Waals surface area contributed by atoms with Crippen LogP contribution in [0, 0.1) is 5.92 Å². The Morgan fingerprint density at radius 3 is 3.50 bits per heavy atom. The fraction of sp³-hybridized carbons (Fsp3) is 0.750. The summed E-state index contributed by atoms with van der Waals surface area (Å²) in [5, 5.41) is 3.45. The van der Waals surface area contributed by atoms with Crippen LogP contribution in [-0.2, 0) is 0 Å². The molecule has 0 amide bonds. The van der Waals surface area contributed by atoms with Crippen molar-refractivity contribution in [3.63, 3.8) is 0 Å². The molecule has 1 heterocycles. The summed E-state index contributed by atoms with van der Waals surface area (Å²) in [4.78, 5) is 0. The van der Waals surface area contributed by atoms with Gasteiger partial charge in [0.2, 0.25) is 0 Å². The molecule has 0 aromatic rings. The van der Waals surface area contributed by atoms with Gasteiger partial charge in [0.1, 0.15) is 0 Å². The summed E-state index contributed by atoms with van der Waals surface area (Å²) in [6, 6.07) is 0. The third-order valence-electron chi connectivity index (χ3n) is 2.26. The molecule has 2 heteroatoms. The molecule has 1 unspecified atom stereocenters. The molecule has 2 rings (SSSR count). The van der Waals surface area contributed by atoms with E-state index in [2.05, 4.69) is 11.4 Å². The van der Waals surface area contributed by atoms with Crippen molar-refractivity contribution in [2.24, 2.45) is 5.92 Å². The van der Waals surface area contributed by atoms with Crippen LogP contribution in [0.3, 0.4) is 0 Å². The van der Waals surface area contributed by atoms with Gasteiger partial charge in [-0.2, -0.15) is 0 Å². The van der Waals surface area contributed by atoms with E-state index >= 15 is 0 Å². The molecule has 1 aliphatic heterocycles. The van der Waals surface area contributed by atoms with Crippen LogP contribution < -0.4 is 5.32 Å². The molecular formula is C8H13NS. The van der Waals surface area contributed by atoms with E-state index in [1.165, 1.54) is 30.7 Å². The highest BCUT2D eigenvalue weighted by Gasteiger charge is 2.20. The van der Waals surface area contributed by atoms with Gasteiger partial charge >= 0.3 is 0 Å². The number of hydrogen-bond acceptors (Lipinski definition) is 2. The first-order valence-electron chi connectivity index (χ1n) is 3.98. The zero-order valence-corrected chi connectivity index (χ0v) is 6.91. The van der Waals surface area contributed by atoms with Crippen molar-refractivity contribution >= 4 is 11.8 Å². The first kappa shape index (κ1) is 6.59. The standard InChI is InChI=1S/C8H13NS/c1-2-4-8-7(3-1)5-10-6-9-8/h4,7,9H,1-3,5-6H2. The van der Waals surface area contributed by atoms with Crippen molar-refractivity contribution in [1.29, 1.82) is 0 Å². The fourth-order valence-electron chi connectivity index (χ4n) is 1.67. The molecule has 1 saturated heterocycles. The van der Waals surface area contributed by atoms with Crippen molar-refractivity contribution in [3.05, 3.63) is 11.8 Å². The Labute approximate surface area is 66.3 Å². The summed E-state index contributed by atoms with van der Waals surface area (Å²) in [7, 11) is 0. The highest BCUT2D eigenvalue weighted by Crippen LogP contribution is 2.29. The van der Waals surface area contributed by atoms with E-state index in [0.29, 0.717) is 0 Å². The molecule has 1 nitrogen and oxygen atoms in total. The lowest BCUT2D eigenvalue weighted by atomic mass is 9.94. The minimum absolute atomic E-state index is 0.868. The molecule has 2 aliphatic rings. The van der Waals surface area contributed by atoms with Crippen LogP contribution in [0.2, 0.25) is 0 Å². The molecule has 1 N–H and O–H groups in total. The molecule has 0 bridgehead atoms. The van der Waals surface area contributed by atoms with Gasteiger partial charge in [-0.3, -0.25) is 0 Å². The minimum atomic E-state index is 0.868. The molecule has 1 fully saturated rings. The molecule has 1 atom stereocenters. The van der Waals surface area contributed by atoms with Gasteiger partial charge in [-0.1, -0.05) is 6.08 Å². The van der Waals surface area contributed by atoms with E-state index < -0.39 is 0 Å². The maximum Gasteiger partial charge on any atom is 0.0608 e. The Balaban J connectivity index is 2.08. The highest BCUT2D eigenvalue weighted by atomic mass is 32.2. The molecule has 0 saturated carbocycles. The summed E-state index contributed by atoms with van der Waals surface area (Å²) >= 11 is 2.03. The number of hydrogen-bond donors (Lipinski definition) is 1. The van der Waals surface area contributed by atoms with Gasteiger partial charge in [0.05, 0.1) is 5.88 Å². The average molecular weight is 155 g/mol. The van der Waals surface area contributed by atoms with Gasteiger partial charge in [-0.25, -0.2) is 0 Å². The second-order valence-corrected chi connectivity index (χ2v) is 4.01. The van der Waals surface area contributed by atoms with E-state index in [-0.39, 0.29) is 0 Å². The third kappa shape index (κ3) is 1.17. The topological polar surface area (TPSA) is 12.0 Å². The molecule has 10 heavy (non-hydrogen) atoms. The van der Waals surface area contributed by atoms with Gasteiger partial charge in [0.25, 0.3) is 0 Å². The van der Waals surface area contributed by atoms with Crippen molar-refractivity contribution in [1.82, 2.24) is 5.32 Å². The van der Waals surface area contributed by atoms with E-state index in [4.69, 9.17) is 0 Å². The third-order valence-corrected chi connectivity index (χ3v) is 3.24. The van der Waals surface area contributed by atoms with Crippen molar-refractivity contribution in [3.8, 4) is 0 Å². The summed E-state index contributed by atoms with van der Waals surface area (Å²) in [5.74, 6) is 3.34. The number of fused-ring (bicyclic) bond motifs is 1. The van der Waals surface area contributed by atoms with E-state index in [0.717, 1.165) is 11.8 Å². The van der Waals surface area contributed by atoms with E-state index in [1.54, 1.807) is 0 Å². The van der Waals surface area contributed by atoms with Crippen molar-refractivity contribution < 1.29 is 0 Å². The smallest absolute Gasteiger partial charge is 0.0608 e. The molecular weight excluding hydrogens is 142 g/mol. The lowest BCUT2D eigenvalue weighted by Gasteiger charge is -2.29. The predicted octanol–water partition coefficient (Wildman–Crippen LogP) is 1.96. The second-order valence-electron chi connectivity index (χ2n) is 2.98. The normalized spacial score (nSPS) is 32.0. The van der Waals surface area contributed by atoms with E-state index in [9.17, 15) is 0 Å². The van der Waals surface area contributed by atoms with Crippen LogP contribution in [0.4, 0.5) is 0 Å². The van der Waals surface area contributed by atoms with Gasteiger partial charge in [-0.05, 0) is 19.3 Å². The van der Waals surface area contributed by atoms with Crippen molar-refractivity contribution in [2.75, 3.05) is 11.6 Å². The Morgan fingerprint density at radius 1 is 1.60 bits per heavy atom. The zero-order chi connectivity index (χ0) is 6.81. The second kappa shape index (κ2) is 2.87. The summed E-state index contributed by atoms with van der Waals surface area (Å²) in [5.41, 5.74) is 1.53. The molecule has 0 aromatic heterocycles. The molecule has 1 aliphatic carbocycles. The van der Waals surface area contributed by atoms with Crippen LogP contribution in [0.1, 0.15) is 19.3 Å².